The number of nitro groups is 1. The van der Waals surface area contributed by atoms with Crippen LogP contribution >= 0.6 is 22.7 Å². The Morgan fingerprint density at radius 3 is 2.08 bits per heavy atom. The van der Waals surface area contributed by atoms with E-state index < -0.39 is 4.92 Å². The van der Waals surface area contributed by atoms with E-state index >= 15 is 0 Å². The molecule has 3 N–H and O–H groups in total. The van der Waals surface area contributed by atoms with Crippen molar-refractivity contribution in [1.82, 2.24) is 23.7 Å². The minimum Gasteiger partial charge on any atom is -0.398 e. The Morgan fingerprint density at radius 1 is 0.921 bits per heavy atom. The van der Waals surface area contributed by atoms with Crippen LogP contribution in [-0.2, 0) is 13.2 Å². The summed E-state index contributed by atoms with van der Waals surface area (Å²) >= 11 is 3.05. The topological polar surface area (TPSA) is 127 Å². The third-order valence-electron chi connectivity index (χ3n) is 5.82. The van der Waals surface area contributed by atoms with Gasteiger partial charge in [0.2, 0.25) is 0 Å². The second-order valence-corrected chi connectivity index (χ2v) is 10.4. The third kappa shape index (κ3) is 5.02. The van der Waals surface area contributed by atoms with Gasteiger partial charge in [0.25, 0.3) is 5.69 Å². The molecule has 0 saturated heterocycles. The molecule has 4 aromatic heterocycles. The first-order valence-corrected chi connectivity index (χ1v) is 13.4. The van der Waals surface area contributed by atoms with Crippen molar-refractivity contribution in [3.8, 4) is 22.5 Å². The molecule has 0 radical (unpaired) electrons. The average Bonchev–Trinajstić information content (AvgIpc) is 3.66. The molecule has 4 heterocycles. The van der Waals surface area contributed by atoms with Gasteiger partial charge in [-0.05, 0) is 26.2 Å². The highest BCUT2D eigenvalue weighted by atomic mass is 32.1. The number of aromatic nitrogens is 4. The molecule has 0 fully saturated rings. The molecule has 0 spiro atoms. The highest BCUT2D eigenvalue weighted by Crippen LogP contribution is 2.31. The number of nitrogens with two attached hydrogens (primary N) is 1. The summed E-state index contributed by atoms with van der Waals surface area (Å²) in [6.07, 6.45) is 3.77. The number of imidazole rings is 2. The first kappa shape index (κ1) is 25.5. The average molecular weight is 548 g/mol. The summed E-state index contributed by atoms with van der Waals surface area (Å²) in [5.74, 6) is 0. The fourth-order valence-electron chi connectivity index (χ4n) is 4.05. The third-order valence-corrected chi connectivity index (χ3v) is 7.60. The molecule has 0 aliphatic carbocycles. The zero-order valence-corrected chi connectivity index (χ0v) is 22.3. The van der Waals surface area contributed by atoms with E-state index in [1.807, 2.05) is 29.6 Å². The van der Waals surface area contributed by atoms with Crippen LogP contribution in [0.1, 0.15) is 11.4 Å². The van der Waals surface area contributed by atoms with E-state index in [2.05, 4.69) is 44.9 Å². The van der Waals surface area contributed by atoms with E-state index in [-0.39, 0.29) is 12.3 Å². The van der Waals surface area contributed by atoms with Gasteiger partial charge in [-0.2, -0.15) is 0 Å². The fourth-order valence-corrected chi connectivity index (χ4v) is 5.78. The first-order valence-electron chi connectivity index (χ1n) is 11.6. The highest BCUT2D eigenvalue weighted by molar-refractivity contribution is 7.15. The molecular formula is C26H25N7O3S2. The van der Waals surface area contributed by atoms with Gasteiger partial charge in [0.1, 0.15) is 0 Å². The number of aliphatic hydroxyl groups is 1. The molecule has 0 saturated carbocycles. The fraction of sp³-hybridized carbons (Fsp3) is 0.154. The number of thiazole rings is 2. The SMILES string of the molecule is CN(C)Cc1csc2nc(-c3ccccc3N)cn12.O=[N+]([O-])c1ccccc1-c1cn2c(CO)csc2n1. The molecule has 38 heavy (non-hydrogen) atoms. The van der Waals surface area contributed by atoms with Crippen LogP contribution in [0.5, 0.6) is 0 Å². The second kappa shape index (κ2) is 10.7. The van der Waals surface area contributed by atoms with E-state index in [1.165, 1.54) is 23.1 Å². The number of hydrogen-bond acceptors (Lipinski definition) is 9. The summed E-state index contributed by atoms with van der Waals surface area (Å²) in [5.41, 5.74) is 11.7. The van der Waals surface area contributed by atoms with Crippen molar-refractivity contribution in [1.29, 1.82) is 0 Å². The number of hydrogen-bond donors (Lipinski definition) is 2. The van der Waals surface area contributed by atoms with Crippen LogP contribution in [0.25, 0.3) is 32.4 Å². The van der Waals surface area contributed by atoms with E-state index in [0.717, 1.165) is 34.1 Å². The maximum atomic E-state index is 11.0. The van der Waals surface area contributed by atoms with Crippen molar-refractivity contribution in [3.63, 3.8) is 0 Å². The number of fused-ring (bicyclic) bond motifs is 2. The van der Waals surface area contributed by atoms with E-state index in [1.54, 1.807) is 40.1 Å². The van der Waals surface area contributed by atoms with Crippen molar-refractivity contribution < 1.29 is 10.0 Å². The predicted molar refractivity (Wildman–Crippen MR) is 151 cm³/mol. The van der Waals surface area contributed by atoms with Crippen LogP contribution in [0.15, 0.2) is 71.7 Å². The van der Waals surface area contributed by atoms with Crippen LogP contribution in [0.2, 0.25) is 0 Å². The second-order valence-electron chi connectivity index (χ2n) is 8.77. The van der Waals surface area contributed by atoms with E-state index in [9.17, 15) is 15.2 Å². The molecule has 0 aliphatic rings. The molecule has 6 rings (SSSR count). The van der Waals surface area contributed by atoms with E-state index in [0.29, 0.717) is 16.2 Å². The minimum absolute atomic E-state index is 0.0267. The van der Waals surface area contributed by atoms with Crippen molar-refractivity contribution >= 4 is 44.0 Å². The zero-order valence-electron chi connectivity index (χ0n) is 20.7. The maximum absolute atomic E-state index is 11.0. The molecule has 0 unspecified atom stereocenters. The molecular weight excluding hydrogens is 522 g/mol. The van der Waals surface area contributed by atoms with Gasteiger partial charge in [-0.3, -0.25) is 18.9 Å². The highest BCUT2D eigenvalue weighted by Gasteiger charge is 2.18. The Morgan fingerprint density at radius 2 is 1.47 bits per heavy atom. The van der Waals surface area contributed by atoms with Gasteiger partial charge in [0.05, 0.1) is 34.2 Å². The Kier molecular flexibility index (Phi) is 7.20. The number of nitrogens with zero attached hydrogens (tertiary/aromatic N) is 6. The lowest BCUT2D eigenvalue weighted by molar-refractivity contribution is -0.384. The number of nitro benzene ring substituents is 1. The Balaban J connectivity index is 0.000000155. The number of aliphatic hydroxyl groups excluding tert-OH is 1. The van der Waals surface area contributed by atoms with Crippen LogP contribution < -0.4 is 5.73 Å². The lowest BCUT2D eigenvalue weighted by Gasteiger charge is -2.07. The van der Waals surface area contributed by atoms with Crippen molar-refractivity contribution in [2.75, 3.05) is 19.8 Å². The van der Waals surface area contributed by atoms with Crippen LogP contribution in [-0.4, -0.2) is 47.8 Å². The van der Waals surface area contributed by atoms with Crippen molar-refractivity contribution in [2.24, 2.45) is 0 Å². The summed E-state index contributed by atoms with van der Waals surface area (Å²) in [7, 11) is 4.13. The molecule has 2 aromatic carbocycles. The first-order chi connectivity index (χ1) is 18.4. The minimum atomic E-state index is -0.421. The van der Waals surface area contributed by atoms with Crippen LogP contribution in [0.4, 0.5) is 11.4 Å². The van der Waals surface area contributed by atoms with Gasteiger partial charge >= 0.3 is 0 Å². The Hall–Kier alpha value is -4.10. The van der Waals surface area contributed by atoms with Crippen LogP contribution in [0.3, 0.4) is 0 Å². The summed E-state index contributed by atoms with van der Waals surface area (Å²) in [6.45, 7) is 0.812. The quantitative estimate of drug-likeness (QED) is 0.167. The van der Waals surface area contributed by atoms with Crippen molar-refractivity contribution in [2.45, 2.75) is 13.2 Å². The Bertz CT molecular complexity index is 1730. The smallest absolute Gasteiger partial charge is 0.278 e. The van der Waals surface area contributed by atoms with Gasteiger partial charge in [-0.25, -0.2) is 9.97 Å². The summed E-state index contributed by atoms with van der Waals surface area (Å²) in [5, 5.41) is 24.2. The van der Waals surface area contributed by atoms with Crippen molar-refractivity contribution in [3.05, 3.63) is 93.2 Å². The number of anilines is 1. The molecule has 194 valence electrons. The van der Waals surface area contributed by atoms with Gasteiger partial charge in [-0.1, -0.05) is 30.3 Å². The molecule has 10 nitrogen and oxygen atoms in total. The molecule has 0 atom stereocenters. The zero-order chi connectivity index (χ0) is 26.8. The number of nitrogen functional groups attached to an aromatic ring is 1. The molecule has 12 heteroatoms. The largest absolute Gasteiger partial charge is 0.398 e. The standard InChI is InChI=1S/C14H16N4S.C12H9N3O3S/c1-17(2)7-10-9-19-14-16-13(8-18(10)14)11-5-3-4-6-12(11)15;16-6-8-7-19-12-13-10(5-14(8)12)9-3-1-2-4-11(9)15(17)18/h3-6,8-9H,7,15H2,1-2H3;1-5,7,16H,6H2. The summed E-state index contributed by atoms with van der Waals surface area (Å²) in [6, 6.07) is 14.3. The Labute approximate surface area is 226 Å². The van der Waals surface area contributed by atoms with E-state index in [4.69, 9.17) is 5.73 Å². The number of benzene rings is 2. The number of para-hydroxylation sites is 2. The molecule has 0 amide bonds. The van der Waals surface area contributed by atoms with Crippen LogP contribution in [0, 0.1) is 10.1 Å². The summed E-state index contributed by atoms with van der Waals surface area (Å²) in [4.78, 5) is 23.5. The maximum Gasteiger partial charge on any atom is 0.278 e. The lowest BCUT2D eigenvalue weighted by Crippen LogP contribution is -2.11. The lowest BCUT2D eigenvalue weighted by atomic mass is 10.1. The van der Waals surface area contributed by atoms with Gasteiger partial charge in [0, 0.05) is 52.7 Å². The molecule has 6 aromatic rings. The number of rotatable bonds is 6. The van der Waals surface area contributed by atoms with Gasteiger partial charge < -0.3 is 15.7 Å². The monoisotopic (exact) mass is 547 g/mol. The molecule has 0 bridgehead atoms. The predicted octanol–water partition coefficient (Wildman–Crippen LogP) is 5.17. The summed E-state index contributed by atoms with van der Waals surface area (Å²) < 4.78 is 3.89. The molecule has 0 aliphatic heterocycles. The van der Waals surface area contributed by atoms with Gasteiger partial charge in [0.15, 0.2) is 9.92 Å². The van der Waals surface area contributed by atoms with Gasteiger partial charge in [-0.15, -0.1) is 22.7 Å². The normalized spacial score (nSPS) is 11.3.